The zero-order valence-electron chi connectivity index (χ0n) is 11.2. The molecule has 8 heteroatoms. The monoisotopic (exact) mass is 302 g/mol. The van der Waals surface area contributed by atoms with Crippen LogP contribution in [0.4, 0.5) is 5.69 Å². The molecule has 0 atom stereocenters. The van der Waals surface area contributed by atoms with Crippen molar-refractivity contribution in [3.63, 3.8) is 0 Å². The van der Waals surface area contributed by atoms with E-state index in [-0.39, 0.29) is 11.3 Å². The van der Waals surface area contributed by atoms with Crippen molar-refractivity contribution in [3.05, 3.63) is 39.6 Å². The lowest BCUT2D eigenvalue weighted by Gasteiger charge is -2.02. The molecule has 3 rings (SSSR count). The van der Waals surface area contributed by atoms with Crippen molar-refractivity contribution in [2.75, 3.05) is 12.3 Å². The summed E-state index contributed by atoms with van der Waals surface area (Å²) in [7, 11) is 0. The Morgan fingerprint density at radius 2 is 2.05 bits per heavy atom. The number of nitrogen functional groups attached to an aromatic ring is 1. The van der Waals surface area contributed by atoms with E-state index in [0.29, 0.717) is 22.8 Å². The number of nitrogens with two attached hydrogens (primary N) is 2. The van der Waals surface area contributed by atoms with Crippen molar-refractivity contribution < 1.29 is 0 Å². The number of hydrogen-bond acceptors (Lipinski definition) is 7. The molecular weight excluding hydrogens is 288 g/mol. The Morgan fingerprint density at radius 1 is 1.24 bits per heavy atom. The number of rotatable bonds is 4. The quantitative estimate of drug-likeness (QED) is 0.686. The van der Waals surface area contributed by atoms with E-state index in [1.165, 1.54) is 15.9 Å². The SMILES string of the molecule is NCCCc1nn2c(=O)c(-c3ccccc3N)nnc2s1. The smallest absolute Gasteiger partial charge is 0.302 e. The van der Waals surface area contributed by atoms with Crippen LogP contribution in [0, 0.1) is 0 Å². The van der Waals surface area contributed by atoms with Crippen LogP contribution in [0.3, 0.4) is 0 Å². The van der Waals surface area contributed by atoms with E-state index in [1.54, 1.807) is 24.3 Å². The third kappa shape index (κ3) is 2.50. The molecule has 1 aromatic carbocycles. The molecule has 108 valence electrons. The number of hydrogen-bond donors (Lipinski definition) is 2. The highest BCUT2D eigenvalue weighted by atomic mass is 32.1. The van der Waals surface area contributed by atoms with E-state index in [2.05, 4.69) is 15.3 Å². The van der Waals surface area contributed by atoms with Crippen LogP contribution in [0.1, 0.15) is 11.4 Å². The highest BCUT2D eigenvalue weighted by Gasteiger charge is 2.14. The maximum Gasteiger partial charge on any atom is 0.302 e. The summed E-state index contributed by atoms with van der Waals surface area (Å²) in [5.41, 5.74) is 12.3. The Hall–Kier alpha value is -2.32. The van der Waals surface area contributed by atoms with Gasteiger partial charge in [0.05, 0.1) is 0 Å². The molecule has 4 N–H and O–H groups in total. The Labute approximate surface area is 124 Å². The normalized spacial score (nSPS) is 11.1. The van der Waals surface area contributed by atoms with Crippen molar-refractivity contribution >= 4 is 22.0 Å². The molecule has 0 unspecified atom stereocenters. The van der Waals surface area contributed by atoms with Crippen LogP contribution >= 0.6 is 11.3 Å². The molecule has 0 amide bonds. The number of aromatic nitrogens is 4. The number of anilines is 1. The zero-order chi connectivity index (χ0) is 14.8. The molecule has 0 bridgehead atoms. The van der Waals surface area contributed by atoms with Gasteiger partial charge in [-0.2, -0.15) is 9.61 Å². The second kappa shape index (κ2) is 5.58. The first-order valence-electron chi connectivity index (χ1n) is 6.51. The molecule has 0 aliphatic carbocycles. The molecule has 2 heterocycles. The van der Waals surface area contributed by atoms with Crippen LogP contribution in [-0.4, -0.2) is 26.4 Å². The van der Waals surface area contributed by atoms with Crippen molar-refractivity contribution in [2.24, 2.45) is 5.73 Å². The Kier molecular flexibility index (Phi) is 3.63. The van der Waals surface area contributed by atoms with Gasteiger partial charge in [-0.05, 0) is 19.0 Å². The van der Waals surface area contributed by atoms with Crippen LogP contribution in [0.2, 0.25) is 0 Å². The van der Waals surface area contributed by atoms with E-state index in [9.17, 15) is 4.79 Å². The fourth-order valence-electron chi connectivity index (χ4n) is 1.99. The average molecular weight is 302 g/mol. The number of benzene rings is 1. The lowest BCUT2D eigenvalue weighted by molar-refractivity contribution is 0.779. The summed E-state index contributed by atoms with van der Waals surface area (Å²) in [6.07, 6.45) is 1.55. The number of fused-ring (bicyclic) bond motifs is 1. The zero-order valence-corrected chi connectivity index (χ0v) is 12.0. The summed E-state index contributed by atoms with van der Waals surface area (Å²) in [5.74, 6) is 0. The predicted molar refractivity (Wildman–Crippen MR) is 82.2 cm³/mol. The van der Waals surface area contributed by atoms with Crippen molar-refractivity contribution in [1.82, 2.24) is 19.8 Å². The van der Waals surface area contributed by atoms with Crippen LogP contribution in [0.5, 0.6) is 0 Å². The van der Waals surface area contributed by atoms with E-state index in [4.69, 9.17) is 11.5 Å². The summed E-state index contributed by atoms with van der Waals surface area (Å²) >= 11 is 1.35. The van der Waals surface area contributed by atoms with Gasteiger partial charge in [-0.25, -0.2) is 0 Å². The topological polar surface area (TPSA) is 112 Å². The summed E-state index contributed by atoms with van der Waals surface area (Å²) in [5, 5.41) is 13.2. The third-order valence-corrected chi connectivity index (χ3v) is 4.00. The highest BCUT2D eigenvalue weighted by Crippen LogP contribution is 2.21. The van der Waals surface area contributed by atoms with Crippen LogP contribution in [0.25, 0.3) is 16.2 Å². The Balaban J connectivity index is 2.12. The fraction of sp³-hybridized carbons (Fsp3) is 0.231. The molecule has 2 aromatic heterocycles. The fourth-order valence-corrected chi connectivity index (χ4v) is 2.86. The van der Waals surface area contributed by atoms with Gasteiger partial charge in [0.15, 0.2) is 5.69 Å². The number of nitrogens with zero attached hydrogens (tertiary/aromatic N) is 4. The van der Waals surface area contributed by atoms with Crippen LogP contribution < -0.4 is 17.0 Å². The van der Waals surface area contributed by atoms with Crippen LogP contribution in [0.15, 0.2) is 29.1 Å². The van der Waals surface area contributed by atoms with Crippen molar-refractivity contribution in [3.8, 4) is 11.3 Å². The maximum absolute atomic E-state index is 12.5. The van der Waals surface area contributed by atoms with Gasteiger partial charge in [0.2, 0.25) is 4.96 Å². The largest absolute Gasteiger partial charge is 0.398 e. The molecule has 21 heavy (non-hydrogen) atoms. The molecule has 7 nitrogen and oxygen atoms in total. The molecule has 0 spiro atoms. The molecule has 0 aliphatic rings. The molecule has 0 aliphatic heterocycles. The van der Waals surface area contributed by atoms with Crippen LogP contribution in [-0.2, 0) is 6.42 Å². The van der Waals surface area contributed by atoms with E-state index < -0.39 is 0 Å². The molecule has 0 radical (unpaired) electrons. The average Bonchev–Trinajstić information content (AvgIpc) is 2.91. The summed E-state index contributed by atoms with van der Waals surface area (Å²) in [6, 6.07) is 7.07. The van der Waals surface area contributed by atoms with Gasteiger partial charge in [-0.1, -0.05) is 29.5 Å². The van der Waals surface area contributed by atoms with Gasteiger partial charge >= 0.3 is 5.56 Å². The van der Waals surface area contributed by atoms with E-state index >= 15 is 0 Å². The first-order valence-corrected chi connectivity index (χ1v) is 7.32. The first kappa shape index (κ1) is 13.7. The molecular formula is C13H14N6OS. The lowest BCUT2D eigenvalue weighted by Crippen LogP contribution is -2.19. The maximum atomic E-state index is 12.5. The third-order valence-electron chi connectivity index (χ3n) is 3.04. The van der Waals surface area contributed by atoms with E-state index in [1.807, 2.05) is 0 Å². The number of para-hydroxylation sites is 1. The minimum atomic E-state index is -0.312. The molecule has 0 saturated heterocycles. The standard InChI is InChI=1S/C13H14N6OS/c14-7-3-6-10-18-19-12(20)11(16-17-13(19)21-10)8-4-1-2-5-9(8)15/h1-2,4-5H,3,6-7,14-15H2. The molecule has 0 saturated carbocycles. The summed E-state index contributed by atoms with van der Waals surface area (Å²) in [6.45, 7) is 0.586. The summed E-state index contributed by atoms with van der Waals surface area (Å²) < 4.78 is 1.28. The number of aryl methyl sites for hydroxylation is 1. The Morgan fingerprint density at radius 3 is 2.81 bits per heavy atom. The van der Waals surface area contributed by atoms with Gasteiger partial charge < -0.3 is 11.5 Å². The lowest BCUT2D eigenvalue weighted by atomic mass is 10.1. The summed E-state index contributed by atoms with van der Waals surface area (Å²) in [4.78, 5) is 13.0. The second-order valence-electron chi connectivity index (χ2n) is 4.52. The van der Waals surface area contributed by atoms with Gasteiger partial charge in [0.1, 0.15) is 5.01 Å². The minimum absolute atomic E-state index is 0.210. The molecule has 0 fully saturated rings. The van der Waals surface area contributed by atoms with Gasteiger partial charge in [-0.3, -0.25) is 4.79 Å². The van der Waals surface area contributed by atoms with E-state index in [0.717, 1.165) is 17.8 Å². The first-order chi connectivity index (χ1) is 10.2. The van der Waals surface area contributed by atoms with Gasteiger partial charge in [-0.15, -0.1) is 10.2 Å². The second-order valence-corrected chi connectivity index (χ2v) is 5.56. The van der Waals surface area contributed by atoms with Gasteiger partial charge in [0.25, 0.3) is 0 Å². The van der Waals surface area contributed by atoms with Crippen molar-refractivity contribution in [2.45, 2.75) is 12.8 Å². The minimum Gasteiger partial charge on any atom is -0.398 e. The highest BCUT2D eigenvalue weighted by molar-refractivity contribution is 7.16. The van der Waals surface area contributed by atoms with Gasteiger partial charge in [0, 0.05) is 17.7 Å². The van der Waals surface area contributed by atoms with Crippen molar-refractivity contribution in [1.29, 1.82) is 0 Å². The molecule has 3 aromatic rings. The Bertz CT molecular complexity index is 840. The predicted octanol–water partition coefficient (Wildman–Crippen LogP) is 0.686.